The van der Waals surface area contributed by atoms with Crippen molar-refractivity contribution in [1.29, 1.82) is 0 Å². The van der Waals surface area contributed by atoms with E-state index < -0.39 is 0 Å². The lowest BCUT2D eigenvalue weighted by Crippen LogP contribution is -2.02. The van der Waals surface area contributed by atoms with E-state index in [1.807, 2.05) is 24.3 Å². The molecule has 0 saturated heterocycles. The smallest absolute Gasteiger partial charge is 0.191 e. The standard InChI is InChI=1S/C23H24N4OS2/c1-4-12-27-21(17-9-7-8-16(2)13-17)25-26-23(27)30-15-18-14-29-22(24-18)19-10-5-6-11-20(19)28-3/h5-11,13-14H,4,12,15H2,1-3H3. The molecule has 5 nitrogen and oxygen atoms in total. The fraction of sp³-hybridized carbons (Fsp3) is 0.261. The molecule has 30 heavy (non-hydrogen) atoms. The van der Waals surface area contributed by atoms with Gasteiger partial charge in [-0.2, -0.15) is 0 Å². The van der Waals surface area contributed by atoms with Gasteiger partial charge in [0.15, 0.2) is 11.0 Å². The summed E-state index contributed by atoms with van der Waals surface area (Å²) in [6.45, 7) is 5.16. The van der Waals surface area contributed by atoms with E-state index in [1.54, 1.807) is 30.2 Å². The van der Waals surface area contributed by atoms with E-state index in [2.05, 4.69) is 58.3 Å². The lowest BCUT2D eigenvalue weighted by atomic mass is 10.1. The first-order valence-corrected chi connectivity index (χ1v) is 11.8. The van der Waals surface area contributed by atoms with E-state index >= 15 is 0 Å². The number of hydrogen-bond donors (Lipinski definition) is 0. The highest BCUT2D eigenvalue weighted by molar-refractivity contribution is 7.98. The summed E-state index contributed by atoms with van der Waals surface area (Å²) in [5, 5.41) is 13.0. The fourth-order valence-electron chi connectivity index (χ4n) is 3.28. The number of para-hydroxylation sites is 1. The van der Waals surface area contributed by atoms with Gasteiger partial charge in [0.25, 0.3) is 0 Å². The van der Waals surface area contributed by atoms with Crippen molar-refractivity contribution in [2.24, 2.45) is 0 Å². The van der Waals surface area contributed by atoms with Crippen LogP contribution in [0.5, 0.6) is 5.75 Å². The third kappa shape index (κ3) is 4.42. The molecule has 154 valence electrons. The monoisotopic (exact) mass is 436 g/mol. The van der Waals surface area contributed by atoms with E-state index in [0.29, 0.717) is 0 Å². The number of aryl methyl sites for hydroxylation is 1. The number of methoxy groups -OCH3 is 1. The summed E-state index contributed by atoms with van der Waals surface area (Å²) in [5.41, 5.74) is 4.39. The molecule has 0 aliphatic heterocycles. The first kappa shape index (κ1) is 20.6. The molecule has 0 saturated carbocycles. The second-order valence-electron chi connectivity index (χ2n) is 6.96. The number of thiazole rings is 1. The molecule has 0 aliphatic carbocycles. The van der Waals surface area contributed by atoms with Gasteiger partial charge in [0.2, 0.25) is 0 Å². The quantitative estimate of drug-likeness (QED) is 0.313. The Bertz CT molecular complexity index is 1140. The summed E-state index contributed by atoms with van der Waals surface area (Å²) in [4.78, 5) is 4.82. The van der Waals surface area contributed by atoms with Gasteiger partial charge in [-0.15, -0.1) is 21.5 Å². The van der Waals surface area contributed by atoms with Crippen LogP contribution in [-0.2, 0) is 12.3 Å². The Kier molecular flexibility index (Phi) is 6.50. The lowest BCUT2D eigenvalue weighted by Gasteiger charge is -2.09. The molecule has 0 radical (unpaired) electrons. The average molecular weight is 437 g/mol. The maximum absolute atomic E-state index is 5.47. The molecule has 0 fully saturated rings. The Morgan fingerprint density at radius 1 is 1.10 bits per heavy atom. The number of nitrogens with zero attached hydrogens (tertiary/aromatic N) is 4. The number of thioether (sulfide) groups is 1. The van der Waals surface area contributed by atoms with Crippen molar-refractivity contribution in [1.82, 2.24) is 19.7 Å². The van der Waals surface area contributed by atoms with Gasteiger partial charge >= 0.3 is 0 Å². The van der Waals surface area contributed by atoms with E-state index in [1.165, 1.54) is 5.56 Å². The Morgan fingerprint density at radius 2 is 1.97 bits per heavy atom. The van der Waals surface area contributed by atoms with Crippen LogP contribution in [0.15, 0.2) is 59.1 Å². The van der Waals surface area contributed by atoms with Crippen LogP contribution in [0, 0.1) is 6.92 Å². The summed E-state index contributed by atoms with van der Waals surface area (Å²) < 4.78 is 7.69. The van der Waals surface area contributed by atoms with Crippen LogP contribution >= 0.6 is 23.1 Å². The maximum atomic E-state index is 5.47. The molecule has 0 aliphatic rings. The summed E-state index contributed by atoms with van der Waals surface area (Å²) >= 11 is 3.32. The van der Waals surface area contributed by atoms with E-state index in [4.69, 9.17) is 9.72 Å². The summed E-state index contributed by atoms with van der Waals surface area (Å²) in [6, 6.07) is 16.4. The van der Waals surface area contributed by atoms with Crippen molar-refractivity contribution >= 4 is 23.1 Å². The van der Waals surface area contributed by atoms with Crippen LogP contribution in [0.4, 0.5) is 0 Å². The van der Waals surface area contributed by atoms with Gasteiger partial charge in [0.1, 0.15) is 10.8 Å². The Hall–Kier alpha value is -2.64. The van der Waals surface area contributed by atoms with Crippen LogP contribution in [0.1, 0.15) is 24.6 Å². The first-order chi connectivity index (χ1) is 14.7. The van der Waals surface area contributed by atoms with Gasteiger partial charge in [-0.3, -0.25) is 0 Å². The molecule has 0 amide bonds. The third-order valence-corrected chi connectivity index (χ3v) is 6.60. The predicted octanol–water partition coefficient (Wildman–Crippen LogP) is 6.09. The molecule has 0 bridgehead atoms. The van der Waals surface area contributed by atoms with E-state index in [9.17, 15) is 0 Å². The minimum atomic E-state index is 0.751. The molecule has 2 heterocycles. The zero-order valence-electron chi connectivity index (χ0n) is 17.3. The molecule has 7 heteroatoms. The minimum absolute atomic E-state index is 0.751. The first-order valence-electron chi connectivity index (χ1n) is 9.90. The van der Waals surface area contributed by atoms with Gasteiger partial charge in [-0.25, -0.2) is 4.98 Å². The van der Waals surface area contributed by atoms with Crippen molar-refractivity contribution in [3.63, 3.8) is 0 Å². The normalized spacial score (nSPS) is 11.0. The number of hydrogen-bond acceptors (Lipinski definition) is 6. The largest absolute Gasteiger partial charge is 0.496 e. The highest BCUT2D eigenvalue weighted by Crippen LogP contribution is 2.33. The Morgan fingerprint density at radius 3 is 2.77 bits per heavy atom. The van der Waals surface area contributed by atoms with Crippen LogP contribution in [-0.4, -0.2) is 26.9 Å². The second-order valence-corrected chi connectivity index (χ2v) is 8.76. The number of ether oxygens (including phenoxy) is 1. The molecular formula is C23H24N4OS2. The highest BCUT2D eigenvalue weighted by atomic mass is 32.2. The molecule has 4 aromatic rings. The summed E-state index contributed by atoms with van der Waals surface area (Å²) in [6.07, 6.45) is 1.03. The van der Waals surface area contributed by atoms with Crippen molar-refractivity contribution in [2.75, 3.05) is 7.11 Å². The number of benzene rings is 2. The van der Waals surface area contributed by atoms with Crippen LogP contribution in [0.3, 0.4) is 0 Å². The summed E-state index contributed by atoms with van der Waals surface area (Å²) in [5.74, 6) is 2.52. The van der Waals surface area contributed by atoms with E-state index in [-0.39, 0.29) is 0 Å². The molecule has 0 N–H and O–H groups in total. The average Bonchev–Trinajstić information content (AvgIpc) is 3.40. The molecule has 0 spiro atoms. The molecule has 2 aromatic carbocycles. The van der Waals surface area contributed by atoms with Crippen molar-refractivity contribution in [2.45, 2.75) is 37.7 Å². The topological polar surface area (TPSA) is 52.8 Å². The molecule has 0 atom stereocenters. The zero-order valence-corrected chi connectivity index (χ0v) is 19.0. The van der Waals surface area contributed by atoms with Crippen molar-refractivity contribution in [3.05, 3.63) is 65.2 Å². The molecular weight excluding hydrogens is 412 g/mol. The highest BCUT2D eigenvalue weighted by Gasteiger charge is 2.15. The third-order valence-electron chi connectivity index (χ3n) is 4.68. The predicted molar refractivity (Wildman–Crippen MR) is 124 cm³/mol. The maximum Gasteiger partial charge on any atom is 0.191 e. The molecule has 0 unspecified atom stereocenters. The van der Waals surface area contributed by atoms with Crippen molar-refractivity contribution < 1.29 is 4.74 Å². The van der Waals surface area contributed by atoms with Gasteiger partial charge in [0, 0.05) is 23.2 Å². The van der Waals surface area contributed by atoms with Crippen molar-refractivity contribution in [3.8, 4) is 27.7 Å². The summed E-state index contributed by atoms with van der Waals surface area (Å²) in [7, 11) is 1.69. The molecule has 2 aromatic heterocycles. The van der Waals surface area contributed by atoms with Gasteiger partial charge in [-0.1, -0.05) is 54.6 Å². The van der Waals surface area contributed by atoms with E-state index in [0.717, 1.165) is 57.3 Å². The fourth-order valence-corrected chi connectivity index (χ4v) is 5.09. The zero-order chi connectivity index (χ0) is 20.9. The molecule has 4 rings (SSSR count). The lowest BCUT2D eigenvalue weighted by molar-refractivity contribution is 0.416. The number of rotatable bonds is 8. The Balaban J connectivity index is 1.54. The second kappa shape index (κ2) is 9.45. The Labute approximate surface area is 185 Å². The van der Waals surface area contributed by atoms with Gasteiger partial charge < -0.3 is 9.30 Å². The van der Waals surface area contributed by atoms with Crippen LogP contribution in [0.2, 0.25) is 0 Å². The van der Waals surface area contributed by atoms with Crippen LogP contribution in [0.25, 0.3) is 22.0 Å². The van der Waals surface area contributed by atoms with Crippen LogP contribution < -0.4 is 4.74 Å². The SMILES string of the molecule is CCCn1c(SCc2csc(-c3ccccc3OC)n2)nnc1-c1cccc(C)c1. The van der Waals surface area contributed by atoms with Gasteiger partial charge in [0.05, 0.1) is 18.4 Å². The minimum Gasteiger partial charge on any atom is -0.496 e. The van der Waals surface area contributed by atoms with Gasteiger partial charge in [-0.05, 0) is 31.5 Å². The number of aromatic nitrogens is 4.